The Hall–Kier alpha value is -0.950. The molecule has 0 aliphatic rings. The molecule has 11 heavy (non-hydrogen) atoms. The van der Waals surface area contributed by atoms with Crippen LogP contribution < -0.4 is 16.8 Å². The highest BCUT2D eigenvalue weighted by molar-refractivity contribution is 7.80. The summed E-state index contributed by atoms with van der Waals surface area (Å²) < 4.78 is 0. The Bertz CT molecular complexity index is 155. The fourth-order valence-electron chi connectivity index (χ4n) is 0.105. The fourth-order valence-corrected chi connectivity index (χ4v) is 0.193. The van der Waals surface area contributed by atoms with E-state index in [-0.39, 0.29) is 5.11 Å². The van der Waals surface area contributed by atoms with E-state index < -0.39 is 6.09 Å². The van der Waals surface area contributed by atoms with Gasteiger partial charge in [-0.1, -0.05) is 12.2 Å². The van der Waals surface area contributed by atoms with Gasteiger partial charge in [0.2, 0.25) is 0 Å². The fraction of sp³-hybridized carbons (Fsp3) is 0.250. The minimum atomic E-state index is -1.23. The normalized spacial score (nSPS) is 7.00. The Balaban J connectivity index is 0. The second-order valence-electron chi connectivity index (χ2n) is 1.41. The first-order valence-corrected chi connectivity index (χ1v) is 3.23. The molecular weight excluding hydrogens is 186 g/mol. The molecule has 1 amide bonds. The number of hydrogen-bond donors (Lipinski definition) is 4. The lowest BCUT2D eigenvalue weighted by atomic mass is 10.8. The predicted octanol–water partition coefficient (Wildman–Crippen LogP) is -0.210. The molecule has 0 spiro atoms. The van der Waals surface area contributed by atoms with Crippen molar-refractivity contribution in [2.45, 2.75) is 6.92 Å². The van der Waals surface area contributed by atoms with Gasteiger partial charge in [-0.2, -0.15) is 0 Å². The van der Waals surface area contributed by atoms with Gasteiger partial charge in [0.05, 0.1) is 4.99 Å². The highest BCUT2D eigenvalue weighted by atomic mass is 32.1. The summed E-state index contributed by atoms with van der Waals surface area (Å²) >= 11 is 8.47. The van der Waals surface area contributed by atoms with Gasteiger partial charge < -0.3 is 16.6 Å². The Morgan fingerprint density at radius 3 is 1.73 bits per heavy atom. The van der Waals surface area contributed by atoms with Crippen molar-refractivity contribution in [3.05, 3.63) is 0 Å². The Morgan fingerprint density at radius 2 is 1.73 bits per heavy atom. The lowest BCUT2D eigenvalue weighted by Crippen LogP contribution is -2.33. The molecule has 0 saturated heterocycles. The lowest BCUT2D eigenvalue weighted by Gasteiger charge is -1.90. The maximum atomic E-state index is 9.53. The number of nitrogens with two attached hydrogens (primary N) is 2. The van der Waals surface area contributed by atoms with Gasteiger partial charge in [0, 0.05) is 0 Å². The molecule has 0 aliphatic heterocycles. The van der Waals surface area contributed by atoms with Crippen LogP contribution in [-0.2, 0) is 0 Å². The Morgan fingerprint density at radius 1 is 1.45 bits per heavy atom. The topological polar surface area (TPSA) is 101 Å². The largest absolute Gasteiger partial charge is 0.465 e. The molecule has 64 valence electrons. The van der Waals surface area contributed by atoms with E-state index in [2.05, 4.69) is 24.4 Å². The number of carbonyl (C=O) groups is 1. The van der Waals surface area contributed by atoms with Crippen molar-refractivity contribution in [2.24, 2.45) is 11.5 Å². The second-order valence-corrected chi connectivity index (χ2v) is 2.49. The molecule has 0 radical (unpaired) electrons. The van der Waals surface area contributed by atoms with Crippen LogP contribution in [0.2, 0.25) is 0 Å². The first-order chi connectivity index (χ1) is 4.86. The van der Waals surface area contributed by atoms with E-state index in [4.69, 9.17) is 16.6 Å². The lowest BCUT2D eigenvalue weighted by molar-refractivity contribution is 0.200. The van der Waals surface area contributed by atoms with Crippen molar-refractivity contribution in [1.82, 2.24) is 5.32 Å². The smallest absolute Gasteiger partial charge is 0.410 e. The molecule has 0 saturated carbocycles. The van der Waals surface area contributed by atoms with E-state index in [0.29, 0.717) is 4.99 Å². The molecule has 0 aromatic rings. The molecule has 6 N–H and O–H groups in total. The van der Waals surface area contributed by atoms with Gasteiger partial charge in [-0.15, -0.1) is 0 Å². The van der Waals surface area contributed by atoms with Gasteiger partial charge in [0.15, 0.2) is 5.11 Å². The molecular formula is C4H9N3O2S2. The number of hydrogen-bond acceptors (Lipinski definition) is 3. The van der Waals surface area contributed by atoms with Crippen LogP contribution in [0.1, 0.15) is 6.92 Å². The number of thiocarbonyl (C=S) groups is 2. The van der Waals surface area contributed by atoms with Crippen molar-refractivity contribution in [2.75, 3.05) is 0 Å². The summed E-state index contributed by atoms with van der Waals surface area (Å²) in [5.41, 5.74) is 9.58. The number of amides is 1. The van der Waals surface area contributed by atoms with Crippen LogP contribution in [0.3, 0.4) is 0 Å². The molecule has 5 nitrogen and oxygen atoms in total. The summed E-state index contributed by atoms with van der Waals surface area (Å²) in [6.07, 6.45) is -1.23. The average Bonchev–Trinajstić information content (AvgIpc) is 1.56. The highest BCUT2D eigenvalue weighted by Crippen LogP contribution is 1.57. The standard InChI is InChI=1S/C2H4N2O2S.C2H5NS/c3-1(7)4-2(5)6;1-2(3)4/h(H,5,6)(H3,3,4,7);1H3,(H2,3,4). The van der Waals surface area contributed by atoms with Crippen molar-refractivity contribution < 1.29 is 9.90 Å². The maximum Gasteiger partial charge on any atom is 0.410 e. The molecule has 0 aromatic heterocycles. The third kappa shape index (κ3) is 48.4. The maximum absolute atomic E-state index is 9.53. The van der Waals surface area contributed by atoms with Crippen LogP contribution >= 0.6 is 24.4 Å². The molecule has 0 atom stereocenters. The minimum absolute atomic E-state index is 0.229. The number of rotatable bonds is 0. The van der Waals surface area contributed by atoms with Crippen LogP contribution in [0.4, 0.5) is 4.79 Å². The first-order valence-electron chi connectivity index (χ1n) is 2.41. The summed E-state index contributed by atoms with van der Waals surface area (Å²) in [5.74, 6) is 0. The van der Waals surface area contributed by atoms with Crippen molar-refractivity contribution in [1.29, 1.82) is 0 Å². The van der Waals surface area contributed by atoms with E-state index in [9.17, 15) is 4.79 Å². The quantitative estimate of drug-likeness (QED) is 0.399. The predicted molar refractivity (Wildman–Crippen MR) is 50.4 cm³/mol. The second kappa shape index (κ2) is 7.16. The third-order valence-electron chi connectivity index (χ3n) is 0.230. The van der Waals surface area contributed by atoms with Crippen LogP contribution in [0.25, 0.3) is 0 Å². The van der Waals surface area contributed by atoms with Gasteiger partial charge in [-0.05, 0) is 19.1 Å². The van der Waals surface area contributed by atoms with E-state index in [1.54, 1.807) is 12.2 Å². The highest BCUT2D eigenvalue weighted by Gasteiger charge is 1.90. The molecule has 0 rings (SSSR count). The number of nitrogens with one attached hydrogen (secondary N) is 1. The zero-order chi connectivity index (χ0) is 9.44. The summed E-state index contributed by atoms with van der Waals surface area (Å²) in [5, 5.41) is 9.31. The monoisotopic (exact) mass is 195 g/mol. The minimum Gasteiger partial charge on any atom is -0.465 e. The van der Waals surface area contributed by atoms with E-state index in [1.165, 1.54) is 0 Å². The Labute approximate surface area is 74.7 Å². The zero-order valence-electron chi connectivity index (χ0n) is 5.83. The molecule has 0 aliphatic carbocycles. The van der Waals surface area contributed by atoms with Crippen molar-refractivity contribution in [3.63, 3.8) is 0 Å². The van der Waals surface area contributed by atoms with E-state index in [1.807, 2.05) is 0 Å². The average molecular weight is 195 g/mol. The number of carboxylic acid groups (broad SMARTS) is 1. The van der Waals surface area contributed by atoms with Crippen LogP contribution in [0, 0.1) is 0 Å². The molecule has 0 aromatic carbocycles. The van der Waals surface area contributed by atoms with Gasteiger partial charge in [-0.25, -0.2) is 4.79 Å². The van der Waals surface area contributed by atoms with Gasteiger partial charge in [0.1, 0.15) is 0 Å². The summed E-state index contributed by atoms with van der Waals surface area (Å²) in [6, 6.07) is 0. The molecule has 0 unspecified atom stereocenters. The zero-order valence-corrected chi connectivity index (χ0v) is 7.46. The van der Waals surface area contributed by atoms with Crippen molar-refractivity contribution in [3.8, 4) is 0 Å². The van der Waals surface area contributed by atoms with Gasteiger partial charge in [0.25, 0.3) is 0 Å². The summed E-state index contributed by atoms with van der Waals surface area (Å²) in [7, 11) is 0. The molecule has 0 heterocycles. The van der Waals surface area contributed by atoms with E-state index >= 15 is 0 Å². The molecule has 0 fully saturated rings. The first kappa shape index (κ1) is 12.7. The van der Waals surface area contributed by atoms with Gasteiger partial charge in [-0.3, -0.25) is 5.32 Å². The summed E-state index contributed by atoms with van der Waals surface area (Å²) in [4.78, 5) is 10.0. The Kier molecular flexibility index (Phi) is 8.27. The molecule has 7 heteroatoms. The van der Waals surface area contributed by atoms with Crippen molar-refractivity contribution >= 4 is 40.6 Å². The van der Waals surface area contributed by atoms with E-state index in [0.717, 1.165) is 0 Å². The summed E-state index contributed by atoms with van der Waals surface area (Å²) in [6.45, 7) is 1.68. The van der Waals surface area contributed by atoms with Gasteiger partial charge >= 0.3 is 6.09 Å². The SMILES string of the molecule is CC(N)=S.NC(=S)NC(=O)O. The van der Waals surface area contributed by atoms with Crippen LogP contribution in [-0.4, -0.2) is 21.3 Å². The third-order valence-corrected chi connectivity index (χ3v) is 0.332. The van der Waals surface area contributed by atoms with Crippen LogP contribution in [0.15, 0.2) is 0 Å². The molecule has 0 bridgehead atoms. The van der Waals surface area contributed by atoms with Crippen LogP contribution in [0.5, 0.6) is 0 Å².